The number of benzene rings is 1. The van der Waals surface area contributed by atoms with Gasteiger partial charge in [0.25, 0.3) is 0 Å². The fourth-order valence-corrected chi connectivity index (χ4v) is 2.21. The largest absolute Gasteiger partial charge is 0.493 e. The van der Waals surface area contributed by atoms with Crippen LogP contribution in [-0.2, 0) is 13.2 Å². The van der Waals surface area contributed by atoms with Crippen LogP contribution >= 0.6 is 11.6 Å². The van der Waals surface area contributed by atoms with Gasteiger partial charge in [0.2, 0.25) is 0 Å². The predicted octanol–water partition coefficient (Wildman–Crippen LogP) is 1.77. The van der Waals surface area contributed by atoms with Crippen LogP contribution in [0.1, 0.15) is 18.1 Å². The lowest BCUT2D eigenvalue weighted by molar-refractivity contribution is -0.676. The number of aliphatic hydroxyl groups is 1. The lowest BCUT2D eigenvalue weighted by atomic mass is 10.2. The van der Waals surface area contributed by atoms with Crippen LogP contribution in [0.15, 0.2) is 36.5 Å². The van der Waals surface area contributed by atoms with Crippen molar-refractivity contribution in [2.45, 2.75) is 26.2 Å². The van der Waals surface area contributed by atoms with E-state index in [9.17, 15) is 5.11 Å². The van der Waals surface area contributed by atoms with E-state index >= 15 is 0 Å². The minimum atomic E-state index is -0.313. The quantitative estimate of drug-likeness (QED) is 0.720. The second kappa shape index (κ2) is 8.72. The molecule has 0 aliphatic rings. The van der Waals surface area contributed by atoms with E-state index in [-0.39, 0.29) is 6.10 Å². The van der Waals surface area contributed by atoms with Gasteiger partial charge < -0.3 is 19.9 Å². The van der Waals surface area contributed by atoms with Crippen LogP contribution in [0.5, 0.6) is 11.5 Å². The van der Waals surface area contributed by atoms with Crippen LogP contribution < -0.4 is 14.8 Å². The van der Waals surface area contributed by atoms with E-state index in [0.29, 0.717) is 29.8 Å². The van der Waals surface area contributed by atoms with Gasteiger partial charge in [-0.25, -0.2) is 4.98 Å². The molecule has 0 spiro atoms. The summed E-state index contributed by atoms with van der Waals surface area (Å²) in [7, 11) is 1.62. The van der Waals surface area contributed by atoms with Crippen molar-refractivity contribution < 1.29 is 19.9 Å². The van der Waals surface area contributed by atoms with E-state index in [4.69, 9.17) is 21.1 Å². The SMILES string of the molecule is COc1cc(C[NH2+]C[C@@H](C)O)ccc1OCc1ccc(Cl)nc1. The molecule has 2 rings (SSSR count). The third kappa shape index (κ3) is 5.71. The van der Waals surface area contributed by atoms with Gasteiger partial charge in [0.05, 0.1) is 13.2 Å². The van der Waals surface area contributed by atoms with Gasteiger partial charge in [0.15, 0.2) is 11.5 Å². The summed E-state index contributed by atoms with van der Waals surface area (Å²) >= 11 is 5.76. The molecular weight excluding hydrogens is 316 g/mol. The number of hydrogen-bond donors (Lipinski definition) is 2. The van der Waals surface area contributed by atoms with Crippen molar-refractivity contribution in [2.24, 2.45) is 0 Å². The Hall–Kier alpha value is -1.82. The summed E-state index contributed by atoms with van der Waals surface area (Å²) in [6.07, 6.45) is 1.38. The van der Waals surface area contributed by atoms with Gasteiger partial charge in [-0.15, -0.1) is 0 Å². The number of methoxy groups -OCH3 is 1. The smallest absolute Gasteiger partial charge is 0.161 e. The van der Waals surface area contributed by atoms with E-state index in [2.05, 4.69) is 10.3 Å². The number of rotatable bonds is 8. The van der Waals surface area contributed by atoms with E-state index in [1.165, 1.54) is 0 Å². The summed E-state index contributed by atoms with van der Waals surface area (Å²) in [5.41, 5.74) is 2.05. The number of quaternary nitrogens is 1. The van der Waals surface area contributed by atoms with Gasteiger partial charge in [0, 0.05) is 17.3 Å². The molecule has 0 radical (unpaired) electrons. The highest BCUT2D eigenvalue weighted by molar-refractivity contribution is 6.29. The highest BCUT2D eigenvalue weighted by Gasteiger charge is 2.08. The Kier molecular flexibility index (Phi) is 6.65. The van der Waals surface area contributed by atoms with Crippen LogP contribution in [0.2, 0.25) is 5.15 Å². The molecular formula is C17H22ClN2O3+. The van der Waals surface area contributed by atoms with Crippen molar-refractivity contribution in [3.63, 3.8) is 0 Å². The number of hydrogen-bond acceptors (Lipinski definition) is 4. The molecule has 2 aromatic rings. The van der Waals surface area contributed by atoms with Crippen molar-refractivity contribution >= 4 is 11.6 Å². The summed E-state index contributed by atoms with van der Waals surface area (Å²) < 4.78 is 11.2. The Morgan fingerprint density at radius 1 is 1.22 bits per heavy atom. The Morgan fingerprint density at radius 2 is 2.00 bits per heavy atom. The Bertz CT molecular complexity index is 618. The molecule has 0 unspecified atom stereocenters. The topological polar surface area (TPSA) is 68.2 Å². The molecule has 0 bridgehead atoms. The fraction of sp³-hybridized carbons (Fsp3) is 0.353. The van der Waals surface area contributed by atoms with E-state index in [1.807, 2.05) is 24.3 Å². The summed E-state index contributed by atoms with van der Waals surface area (Å²) in [6.45, 7) is 3.63. The monoisotopic (exact) mass is 337 g/mol. The Morgan fingerprint density at radius 3 is 2.65 bits per heavy atom. The molecule has 3 N–H and O–H groups in total. The number of halogens is 1. The molecule has 23 heavy (non-hydrogen) atoms. The number of nitrogens with two attached hydrogens (primary N) is 1. The maximum absolute atomic E-state index is 9.28. The van der Waals surface area contributed by atoms with Crippen LogP contribution in [0.25, 0.3) is 0 Å². The fourth-order valence-electron chi connectivity index (χ4n) is 2.10. The van der Waals surface area contributed by atoms with Gasteiger partial charge in [-0.05, 0) is 31.2 Å². The zero-order valence-electron chi connectivity index (χ0n) is 13.3. The molecule has 0 saturated carbocycles. The van der Waals surface area contributed by atoms with E-state index in [0.717, 1.165) is 17.7 Å². The third-order valence-corrected chi connectivity index (χ3v) is 3.52. The van der Waals surface area contributed by atoms with Crippen LogP contribution in [0, 0.1) is 0 Å². The molecule has 0 amide bonds. The molecule has 0 saturated heterocycles. The van der Waals surface area contributed by atoms with Crippen LogP contribution in [0.3, 0.4) is 0 Å². The summed E-state index contributed by atoms with van der Waals surface area (Å²) in [5, 5.41) is 11.8. The molecule has 5 nitrogen and oxygen atoms in total. The zero-order chi connectivity index (χ0) is 16.7. The summed E-state index contributed by atoms with van der Waals surface area (Å²) in [5.74, 6) is 1.37. The maximum atomic E-state index is 9.28. The van der Waals surface area contributed by atoms with Crippen molar-refractivity contribution in [2.75, 3.05) is 13.7 Å². The summed E-state index contributed by atoms with van der Waals surface area (Å²) in [6, 6.07) is 9.46. The van der Waals surface area contributed by atoms with Gasteiger partial charge in [0.1, 0.15) is 24.8 Å². The first-order valence-electron chi connectivity index (χ1n) is 7.48. The van der Waals surface area contributed by atoms with Crippen LogP contribution in [-0.4, -0.2) is 29.8 Å². The molecule has 0 fully saturated rings. The maximum Gasteiger partial charge on any atom is 0.161 e. The zero-order valence-corrected chi connectivity index (χ0v) is 14.1. The molecule has 1 heterocycles. The number of aromatic nitrogens is 1. The normalized spacial score (nSPS) is 12.0. The average molecular weight is 338 g/mol. The molecule has 124 valence electrons. The molecule has 1 aromatic heterocycles. The molecule has 1 atom stereocenters. The van der Waals surface area contributed by atoms with Gasteiger partial charge in [-0.3, -0.25) is 0 Å². The minimum absolute atomic E-state index is 0.313. The second-order valence-electron chi connectivity index (χ2n) is 5.34. The van der Waals surface area contributed by atoms with Crippen molar-refractivity contribution in [1.82, 2.24) is 4.98 Å². The molecule has 6 heteroatoms. The molecule has 1 aromatic carbocycles. The highest BCUT2D eigenvalue weighted by Crippen LogP contribution is 2.28. The first-order valence-corrected chi connectivity index (χ1v) is 7.86. The van der Waals surface area contributed by atoms with E-state index < -0.39 is 0 Å². The lowest BCUT2D eigenvalue weighted by Crippen LogP contribution is -2.84. The van der Waals surface area contributed by atoms with Crippen molar-refractivity contribution in [3.8, 4) is 11.5 Å². The van der Waals surface area contributed by atoms with Crippen LogP contribution in [0.4, 0.5) is 0 Å². The number of pyridine rings is 1. The average Bonchev–Trinajstić information content (AvgIpc) is 2.54. The third-order valence-electron chi connectivity index (χ3n) is 3.30. The minimum Gasteiger partial charge on any atom is -0.493 e. The number of aliphatic hydroxyl groups excluding tert-OH is 1. The first kappa shape index (κ1) is 17.5. The lowest BCUT2D eigenvalue weighted by Gasteiger charge is -2.12. The van der Waals surface area contributed by atoms with E-state index in [1.54, 1.807) is 26.3 Å². The summed E-state index contributed by atoms with van der Waals surface area (Å²) in [4.78, 5) is 4.03. The van der Waals surface area contributed by atoms with Crippen molar-refractivity contribution in [3.05, 3.63) is 52.8 Å². The highest BCUT2D eigenvalue weighted by atomic mass is 35.5. The van der Waals surface area contributed by atoms with Crippen molar-refractivity contribution in [1.29, 1.82) is 0 Å². The Balaban J connectivity index is 1.97. The molecule has 0 aliphatic carbocycles. The number of nitrogens with zero attached hydrogens (tertiary/aromatic N) is 1. The second-order valence-corrected chi connectivity index (χ2v) is 5.73. The molecule has 0 aliphatic heterocycles. The Labute approximate surface area is 141 Å². The first-order chi connectivity index (χ1) is 11.1. The predicted molar refractivity (Wildman–Crippen MR) is 88.8 cm³/mol. The van der Waals surface area contributed by atoms with Gasteiger partial charge >= 0.3 is 0 Å². The van der Waals surface area contributed by atoms with Gasteiger partial charge in [-0.1, -0.05) is 17.7 Å². The van der Waals surface area contributed by atoms with Gasteiger partial charge in [-0.2, -0.15) is 0 Å². The number of ether oxygens (including phenoxy) is 2. The standard InChI is InChI=1S/C17H21ClN2O3/c1-12(21)8-19-9-13-3-5-15(16(7-13)22-2)23-11-14-4-6-17(18)20-10-14/h3-7,10,12,19,21H,8-9,11H2,1-2H3/p+1/t12-/m1/s1.